The molecular formula is C16H11N3OS. The van der Waals surface area contributed by atoms with Crippen molar-refractivity contribution in [2.45, 2.75) is 19.4 Å². The summed E-state index contributed by atoms with van der Waals surface area (Å²) in [4.78, 5) is 1.05. The fraction of sp³-hybridized carbons (Fsp3) is 0.188. The largest absolute Gasteiger partial charge is 0.480 e. The van der Waals surface area contributed by atoms with E-state index >= 15 is 0 Å². The Bertz CT molecular complexity index is 759. The number of hydrogen-bond donors (Lipinski definition) is 0. The van der Waals surface area contributed by atoms with E-state index in [1.807, 2.05) is 35.7 Å². The summed E-state index contributed by atoms with van der Waals surface area (Å²) in [6, 6.07) is 9.49. The first-order valence-corrected chi connectivity index (χ1v) is 7.01. The highest BCUT2D eigenvalue weighted by molar-refractivity contribution is 7.10. The van der Waals surface area contributed by atoms with Crippen LogP contribution in [-0.2, 0) is 4.74 Å². The van der Waals surface area contributed by atoms with E-state index < -0.39 is 5.60 Å². The smallest absolute Gasteiger partial charge is 0.172 e. The molecule has 2 rings (SSSR count). The fourth-order valence-corrected chi connectivity index (χ4v) is 2.65. The number of thiophene rings is 1. The van der Waals surface area contributed by atoms with Crippen molar-refractivity contribution in [1.82, 2.24) is 0 Å². The topological polar surface area (TPSA) is 80.6 Å². The van der Waals surface area contributed by atoms with Crippen molar-refractivity contribution in [1.29, 1.82) is 15.8 Å². The van der Waals surface area contributed by atoms with Gasteiger partial charge in [0.25, 0.3) is 0 Å². The molecule has 0 atom stereocenters. The summed E-state index contributed by atoms with van der Waals surface area (Å²) < 4.78 is 5.67. The molecule has 0 fully saturated rings. The maximum atomic E-state index is 9.36. The van der Waals surface area contributed by atoms with Crippen LogP contribution < -0.4 is 0 Å². The van der Waals surface area contributed by atoms with Crippen LogP contribution in [0.2, 0.25) is 0 Å². The van der Waals surface area contributed by atoms with Gasteiger partial charge in [-0.3, -0.25) is 0 Å². The molecule has 0 amide bonds. The summed E-state index contributed by atoms with van der Waals surface area (Å²) in [5.74, 6) is 0.0679. The monoisotopic (exact) mass is 293 g/mol. The van der Waals surface area contributed by atoms with E-state index in [2.05, 4.69) is 0 Å². The van der Waals surface area contributed by atoms with Gasteiger partial charge >= 0.3 is 0 Å². The summed E-state index contributed by atoms with van der Waals surface area (Å²) in [5.41, 5.74) is -0.0333. The first-order valence-electron chi connectivity index (χ1n) is 6.13. The van der Waals surface area contributed by atoms with Gasteiger partial charge in [0.15, 0.2) is 11.3 Å². The molecule has 1 aromatic rings. The van der Waals surface area contributed by atoms with Crippen LogP contribution in [0.15, 0.2) is 46.1 Å². The van der Waals surface area contributed by atoms with E-state index in [4.69, 9.17) is 15.3 Å². The summed E-state index contributed by atoms with van der Waals surface area (Å²) in [6.07, 6.45) is 3.70. The molecule has 0 bridgehead atoms. The number of ether oxygens (including phenoxy) is 1. The van der Waals surface area contributed by atoms with Gasteiger partial charge in [0.2, 0.25) is 0 Å². The lowest BCUT2D eigenvalue weighted by molar-refractivity contribution is 0.0954. The van der Waals surface area contributed by atoms with Crippen LogP contribution in [0.1, 0.15) is 18.7 Å². The molecule has 0 saturated heterocycles. The van der Waals surface area contributed by atoms with E-state index in [1.165, 1.54) is 0 Å². The van der Waals surface area contributed by atoms with Crippen molar-refractivity contribution in [2.24, 2.45) is 0 Å². The molecule has 0 saturated carbocycles. The Hall–Kier alpha value is -2.81. The number of nitrogens with zero attached hydrogens (tertiary/aromatic N) is 3. The van der Waals surface area contributed by atoms with Crippen LogP contribution in [-0.4, -0.2) is 5.60 Å². The predicted octanol–water partition coefficient (Wildman–Crippen LogP) is 3.69. The second kappa shape index (κ2) is 5.67. The molecule has 5 heteroatoms. The lowest BCUT2D eigenvalue weighted by atomic mass is 9.94. The molecule has 1 aromatic heterocycles. The highest BCUT2D eigenvalue weighted by atomic mass is 32.1. The number of rotatable bonds is 2. The van der Waals surface area contributed by atoms with Crippen LogP contribution in [0.4, 0.5) is 0 Å². The zero-order chi connectivity index (χ0) is 15.5. The molecule has 4 nitrogen and oxygen atoms in total. The summed E-state index contributed by atoms with van der Waals surface area (Å²) in [5, 5.41) is 29.3. The SMILES string of the molecule is CC1(C)OC(=C(C#N)C#N)C(C#N)=C1/C=C/c1cccs1. The van der Waals surface area contributed by atoms with Crippen molar-refractivity contribution < 1.29 is 4.74 Å². The van der Waals surface area contributed by atoms with Crippen molar-refractivity contribution in [3.63, 3.8) is 0 Å². The van der Waals surface area contributed by atoms with Gasteiger partial charge in [-0.2, -0.15) is 15.8 Å². The molecule has 0 aromatic carbocycles. The van der Waals surface area contributed by atoms with E-state index in [-0.39, 0.29) is 16.9 Å². The molecule has 102 valence electrons. The van der Waals surface area contributed by atoms with Crippen LogP contribution in [0.5, 0.6) is 0 Å². The van der Waals surface area contributed by atoms with E-state index in [0.717, 1.165) is 4.88 Å². The summed E-state index contributed by atoms with van der Waals surface area (Å²) >= 11 is 1.58. The zero-order valence-electron chi connectivity index (χ0n) is 11.5. The van der Waals surface area contributed by atoms with Gasteiger partial charge in [0.05, 0.1) is 0 Å². The third-order valence-electron chi connectivity index (χ3n) is 3.02. The minimum atomic E-state index is -0.757. The van der Waals surface area contributed by atoms with E-state index in [0.29, 0.717) is 5.57 Å². The number of nitriles is 3. The lowest BCUT2D eigenvalue weighted by Crippen LogP contribution is -2.20. The van der Waals surface area contributed by atoms with Gasteiger partial charge in [0.1, 0.15) is 29.4 Å². The van der Waals surface area contributed by atoms with Crippen molar-refractivity contribution in [2.75, 3.05) is 0 Å². The Kier molecular flexibility index (Phi) is 3.94. The van der Waals surface area contributed by atoms with Gasteiger partial charge in [-0.1, -0.05) is 12.1 Å². The molecule has 1 aliphatic rings. The normalized spacial score (nSPS) is 16.2. The first kappa shape index (κ1) is 14.6. The second-order valence-electron chi connectivity index (χ2n) is 4.79. The minimum Gasteiger partial charge on any atom is -0.480 e. The van der Waals surface area contributed by atoms with Gasteiger partial charge in [-0.15, -0.1) is 11.3 Å². The predicted molar refractivity (Wildman–Crippen MR) is 79.4 cm³/mol. The molecule has 0 N–H and O–H groups in total. The Morgan fingerprint density at radius 2 is 1.95 bits per heavy atom. The van der Waals surface area contributed by atoms with Gasteiger partial charge in [-0.05, 0) is 31.4 Å². The second-order valence-corrected chi connectivity index (χ2v) is 5.77. The van der Waals surface area contributed by atoms with Crippen LogP contribution in [0.25, 0.3) is 6.08 Å². The van der Waals surface area contributed by atoms with Gasteiger partial charge < -0.3 is 4.74 Å². The number of hydrogen-bond acceptors (Lipinski definition) is 5. The molecule has 0 spiro atoms. The molecule has 0 radical (unpaired) electrons. The van der Waals surface area contributed by atoms with Crippen molar-refractivity contribution >= 4 is 17.4 Å². The first-order chi connectivity index (χ1) is 10.0. The van der Waals surface area contributed by atoms with Gasteiger partial charge in [-0.25, -0.2) is 0 Å². The Morgan fingerprint density at radius 1 is 1.24 bits per heavy atom. The Balaban J connectivity index is 2.57. The zero-order valence-corrected chi connectivity index (χ0v) is 12.4. The van der Waals surface area contributed by atoms with E-state index in [1.54, 1.807) is 37.3 Å². The Morgan fingerprint density at radius 3 is 2.48 bits per heavy atom. The molecule has 2 heterocycles. The van der Waals surface area contributed by atoms with Crippen LogP contribution in [0, 0.1) is 34.0 Å². The Labute approximate surface area is 127 Å². The summed E-state index contributed by atoms with van der Waals surface area (Å²) in [6.45, 7) is 3.61. The maximum absolute atomic E-state index is 9.36. The standard InChI is InChI=1S/C16H11N3OS/c1-16(2)14(6-5-12-4-3-7-21-12)13(10-19)15(20-16)11(8-17)9-18/h3-7H,1-2H3/b6-5+. The molecule has 1 aliphatic heterocycles. The van der Waals surface area contributed by atoms with Crippen molar-refractivity contribution in [3.05, 3.63) is 50.9 Å². The highest BCUT2D eigenvalue weighted by Gasteiger charge is 2.38. The highest BCUT2D eigenvalue weighted by Crippen LogP contribution is 2.40. The average Bonchev–Trinajstić information content (AvgIpc) is 3.04. The quantitative estimate of drug-likeness (QED) is 0.779. The third-order valence-corrected chi connectivity index (χ3v) is 3.86. The van der Waals surface area contributed by atoms with Gasteiger partial charge in [0, 0.05) is 10.5 Å². The number of allylic oxidation sites excluding steroid dienone is 2. The maximum Gasteiger partial charge on any atom is 0.172 e. The molecule has 21 heavy (non-hydrogen) atoms. The fourth-order valence-electron chi connectivity index (χ4n) is 2.03. The molecular weight excluding hydrogens is 282 g/mol. The third kappa shape index (κ3) is 2.72. The average molecular weight is 293 g/mol. The van der Waals surface area contributed by atoms with Crippen LogP contribution in [0.3, 0.4) is 0 Å². The molecule has 0 unspecified atom stereocenters. The lowest BCUT2D eigenvalue weighted by Gasteiger charge is -2.20. The van der Waals surface area contributed by atoms with Crippen LogP contribution >= 0.6 is 11.3 Å². The summed E-state index contributed by atoms with van der Waals surface area (Å²) in [7, 11) is 0. The van der Waals surface area contributed by atoms with E-state index in [9.17, 15) is 5.26 Å². The molecule has 0 aliphatic carbocycles. The minimum absolute atomic E-state index is 0.0679. The van der Waals surface area contributed by atoms with Crippen molar-refractivity contribution in [3.8, 4) is 18.2 Å².